The minimum Gasteiger partial charge on any atom is -0.496 e. The lowest BCUT2D eigenvalue weighted by atomic mass is 9.87. The fraction of sp³-hybridized carbons (Fsp3) is 0.435. The van der Waals surface area contributed by atoms with Gasteiger partial charge in [-0.1, -0.05) is 42.5 Å². The number of benzene rings is 2. The number of halogens is 1. The van der Waals surface area contributed by atoms with Crippen LogP contribution in [0, 0.1) is 18.8 Å². The highest BCUT2D eigenvalue weighted by Gasteiger charge is 2.46. The van der Waals surface area contributed by atoms with E-state index >= 15 is 0 Å². The maximum Gasteiger partial charge on any atom is 0.223 e. The Labute approximate surface area is 173 Å². The molecule has 2 aliphatic heterocycles. The lowest BCUT2D eigenvalue weighted by Gasteiger charge is -2.29. The quantitative estimate of drug-likeness (QED) is 0.830. The molecule has 1 N–H and O–H groups in total. The van der Waals surface area contributed by atoms with Crippen LogP contribution >= 0.6 is 12.4 Å². The molecule has 2 saturated heterocycles. The van der Waals surface area contributed by atoms with E-state index in [2.05, 4.69) is 41.4 Å². The van der Waals surface area contributed by atoms with Crippen LogP contribution in [0.5, 0.6) is 5.75 Å². The molecule has 1 amide bonds. The molecule has 0 bridgehead atoms. The Morgan fingerprint density at radius 3 is 2.68 bits per heavy atom. The highest BCUT2D eigenvalue weighted by Crippen LogP contribution is 2.43. The van der Waals surface area contributed by atoms with Gasteiger partial charge in [0.25, 0.3) is 0 Å². The summed E-state index contributed by atoms with van der Waals surface area (Å²) in [5.74, 6) is 2.19. The van der Waals surface area contributed by atoms with Crippen molar-refractivity contribution in [3.63, 3.8) is 0 Å². The Balaban J connectivity index is 0.00000225. The van der Waals surface area contributed by atoms with Crippen molar-refractivity contribution < 1.29 is 9.53 Å². The molecule has 3 atom stereocenters. The third kappa shape index (κ3) is 3.89. The van der Waals surface area contributed by atoms with Gasteiger partial charge in [0.05, 0.1) is 13.2 Å². The van der Waals surface area contributed by atoms with Crippen LogP contribution in [0.25, 0.3) is 0 Å². The summed E-state index contributed by atoms with van der Waals surface area (Å²) < 4.78 is 5.44. The van der Waals surface area contributed by atoms with Crippen LogP contribution in [0.4, 0.5) is 0 Å². The van der Waals surface area contributed by atoms with E-state index in [9.17, 15) is 4.79 Å². The Morgan fingerprint density at radius 2 is 1.89 bits per heavy atom. The maximum atomic E-state index is 13.2. The van der Waals surface area contributed by atoms with Crippen molar-refractivity contribution >= 4 is 18.3 Å². The van der Waals surface area contributed by atoms with Gasteiger partial charge in [-0.05, 0) is 42.0 Å². The molecular weight excluding hydrogens is 372 g/mol. The zero-order chi connectivity index (χ0) is 18.8. The second kappa shape index (κ2) is 8.97. The van der Waals surface area contributed by atoms with Gasteiger partial charge in [-0.15, -0.1) is 12.4 Å². The number of carbonyl (C=O) groups excluding carboxylic acids is 1. The summed E-state index contributed by atoms with van der Waals surface area (Å²) in [5.41, 5.74) is 3.68. The van der Waals surface area contributed by atoms with E-state index in [4.69, 9.17) is 4.74 Å². The van der Waals surface area contributed by atoms with Crippen LogP contribution in [0.2, 0.25) is 0 Å². The van der Waals surface area contributed by atoms with Crippen LogP contribution in [-0.4, -0.2) is 37.6 Å². The topological polar surface area (TPSA) is 41.6 Å². The summed E-state index contributed by atoms with van der Waals surface area (Å²) in [4.78, 5) is 15.4. The summed E-state index contributed by atoms with van der Waals surface area (Å²) in [6.45, 7) is 5.03. The molecule has 0 saturated carbocycles. The van der Waals surface area contributed by atoms with E-state index in [1.54, 1.807) is 7.11 Å². The Bertz CT molecular complexity index is 826. The molecule has 2 heterocycles. The normalized spacial score (nSPS) is 23.2. The van der Waals surface area contributed by atoms with Gasteiger partial charge in [0.1, 0.15) is 5.75 Å². The molecule has 4 nitrogen and oxygen atoms in total. The van der Waals surface area contributed by atoms with Gasteiger partial charge in [-0.3, -0.25) is 4.79 Å². The molecule has 0 unspecified atom stereocenters. The second-order valence-corrected chi connectivity index (χ2v) is 7.74. The van der Waals surface area contributed by atoms with E-state index in [1.165, 1.54) is 11.1 Å². The first-order chi connectivity index (χ1) is 13.2. The number of hydrogen-bond donors (Lipinski definition) is 1. The number of likely N-dealkylation sites (tertiary alicyclic amines) is 1. The van der Waals surface area contributed by atoms with Crippen LogP contribution in [0.3, 0.4) is 0 Å². The number of fused-ring (bicyclic) bond motifs is 1. The highest BCUT2D eigenvalue weighted by molar-refractivity contribution is 5.85. The van der Waals surface area contributed by atoms with Gasteiger partial charge < -0.3 is 15.0 Å². The molecule has 0 spiro atoms. The van der Waals surface area contributed by atoms with Crippen LogP contribution in [0.15, 0.2) is 48.5 Å². The van der Waals surface area contributed by atoms with Crippen molar-refractivity contribution in [1.29, 1.82) is 0 Å². The van der Waals surface area contributed by atoms with Crippen molar-refractivity contribution in [2.75, 3.05) is 26.7 Å². The Hall–Kier alpha value is -2.04. The molecule has 28 heavy (non-hydrogen) atoms. The zero-order valence-electron chi connectivity index (χ0n) is 16.6. The molecule has 4 rings (SSSR count). The number of carbonyl (C=O) groups is 1. The van der Waals surface area contributed by atoms with Gasteiger partial charge in [0.15, 0.2) is 0 Å². The molecule has 0 aromatic heterocycles. The molecule has 2 aromatic carbocycles. The van der Waals surface area contributed by atoms with Gasteiger partial charge in [0.2, 0.25) is 5.91 Å². The van der Waals surface area contributed by atoms with Crippen molar-refractivity contribution in [3.05, 3.63) is 65.2 Å². The predicted molar refractivity (Wildman–Crippen MR) is 114 cm³/mol. The first-order valence-electron chi connectivity index (χ1n) is 9.86. The monoisotopic (exact) mass is 400 g/mol. The molecular formula is C23H29ClN2O2. The smallest absolute Gasteiger partial charge is 0.223 e. The van der Waals surface area contributed by atoms with Crippen molar-refractivity contribution in [1.82, 2.24) is 10.2 Å². The average Bonchev–Trinajstić information content (AvgIpc) is 3.28. The summed E-state index contributed by atoms with van der Waals surface area (Å²) in [7, 11) is 1.68. The first-order valence-corrected chi connectivity index (χ1v) is 9.86. The molecule has 5 heteroatoms. The zero-order valence-corrected chi connectivity index (χ0v) is 17.4. The second-order valence-electron chi connectivity index (χ2n) is 7.74. The number of para-hydroxylation sites is 1. The summed E-state index contributed by atoms with van der Waals surface area (Å²) >= 11 is 0. The van der Waals surface area contributed by atoms with E-state index < -0.39 is 0 Å². The van der Waals surface area contributed by atoms with E-state index in [0.717, 1.165) is 30.9 Å². The predicted octanol–water partition coefficient (Wildman–Crippen LogP) is 3.78. The Morgan fingerprint density at radius 1 is 1.14 bits per heavy atom. The number of hydrogen-bond acceptors (Lipinski definition) is 3. The van der Waals surface area contributed by atoms with Crippen LogP contribution in [0.1, 0.15) is 29.2 Å². The van der Waals surface area contributed by atoms with E-state index in [1.807, 2.05) is 24.3 Å². The van der Waals surface area contributed by atoms with Crippen molar-refractivity contribution in [2.45, 2.75) is 25.8 Å². The maximum absolute atomic E-state index is 13.2. The molecule has 0 aliphatic carbocycles. The number of rotatable bonds is 5. The minimum absolute atomic E-state index is 0. The number of nitrogens with zero attached hydrogens (tertiary/aromatic N) is 1. The lowest BCUT2D eigenvalue weighted by molar-refractivity contribution is -0.132. The fourth-order valence-corrected chi connectivity index (χ4v) is 4.79. The van der Waals surface area contributed by atoms with Gasteiger partial charge in [-0.25, -0.2) is 0 Å². The average molecular weight is 401 g/mol. The number of methoxy groups -OCH3 is 1. The number of amides is 1. The number of nitrogens with one attached hydrogen (secondary N) is 1. The summed E-state index contributed by atoms with van der Waals surface area (Å²) in [6.07, 6.45) is 1.24. The van der Waals surface area contributed by atoms with Crippen LogP contribution in [-0.2, 0) is 11.2 Å². The molecule has 2 aromatic rings. The standard InChI is InChI=1S/C23H28N2O2.ClH/c1-16-7-3-5-9-19(16)23-20-14-24-13-18(20)15-25(23)22(26)12-11-17-8-4-6-10-21(17)27-2;/h3-10,18,20,23-24H,11-15H2,1-2H3;1H/t18-,20-,23+;/m0./s1. The summed E-state index contributed by atoms with van der Waals surface area (Å²) in [5, 5.41) is 3.52. The molecule has 0 radical (unpaired) electrons. The first kappa shape index (κ1) is 20.7. The lowest BCUT2D eigenvalue weighted by Crippen LogP contribution is -2.35. The third-order valence-corrected chi connectivity index (χ3v) is 6.19. The van der Waals surface area contributed by atoms with Gasteiger partial charge in [-0.2, -0.15) is 0 Å². The SMILES string of the molecule is COc1ccccc1CCC(=O)N1C[C@@H]2CNC[C@@H]2[C@H]1c1ccccc1C.Cl. The minimum atomic E-state index is 0. The Kier molecular flexibility index (Phi) is 6.63. The molecule has 2 fully saturated rings. The van der Waals surface area contributed by atoms with Gasteiger partial charge >= 0.3 is 0 Å². The fourth-order valence-electron chi connectivity index (χ4n) is 4.79. The van der Waals surface area contributed by atoms with Crippen molar-refractivity contribution in [2.24, 2.45) is 11.8 Å². The number of aryl methyl sites for hydroxylation is 2. The summed E-state index contributed by atoms with van der Waals surface area (Å²) in [6, 6.07) is 16.7. The number of ether oxygens (including phenoxy) is 1. The van der Waals surface area contributed by atoms with Crippen molar-refractivity contribution in [3.8, 4) is 5.75 Å². The van der Waals surface area contributed by atoms with E-state index in [0.29, 0.717) is 24.7 Å². The third-order valence-electron chi connectivity index (χ3n) is 6.19. The molecule has 2 aliphatic rings. The van der Waals surface area contributed by atoms with Gasteiger partial charge in [0, 0.05) is 32.0 Å². The van der Waals surface area contributed by atoms with Crippen LogP contribution < -0.4 is 10.1 Å². The largest absolute Gasteiger partial charge is 0.496 e. The van der Waals surface area contributed by atoms with E-state index in [-0.39, 0.29) is 24.4 Å². The molecule has 150 valence electrons. The highest BCUT2D eigenvalue weighted by atomic mass is 35.5.